The molecule has 0 radical (unpaired) electrons. The number of fused-ring (bicyclic) bond motifs is 1. The maximum absolute atomic E-state index is 12.6. The minimum absolute atomic E-state index is 0.0234. The zero-order valence-corrected chi connectivity index (χ0v) is 16.5. The highest BCUT2D eigenvalue weighted by Gasteiger charge is 2.23. The van der Waals surface area contributed by atoms with Gasteiger partial charge < -0.3 is 15.5 Å². The molecule has 0 spiro atoms. The van der Waals surface area contributed by atoms with Gasteiger partial charge in [0.2, 0.25) is 17.6 Å². The average molecular weight is 411 g/mol. The molecule has 29 heavy (non-hydrogen) atoms. The number of carbonyl (C=O) groups excluding carboxylic acids is 2. The molecule has 2 heterocycles. The molecule has 1 atom stereocenters. The number of carbonyl (C=O) groups is 2. The van der Waals surface area contributed by atoms with E-state index in [1.54, 1.807) is 16.7 Å². The maximum atomic E-state index is 12.6. The second-order valence-electron chi connectivity index (χ2n) is 6.84. The molecule has 150 valence electrons. The van der Waals surface area contributed by atoms with Crippen LogP contribution in [-0.2, 0) is 22.6 Å². The zero-order valence-electron chi connectivity index (χ0n) is 15.7. The number of hydrogen-bond donors (Lipinski definition) is 2. The SMILES string of the molecule is NC(=O)Cn1c(SCC(=O)N[C@@H]2CCCc3ccccc32)nnc1-c1ccco1. The van der Waals surface area contributed by atoms with Crippen molar-refractivity contribution in [3.05, 3.63) is 53.8 Å². The Hall–Kier alpha value is -3.07. The predicted octanol–water partition coefficient (Wildman–Crippen LogP) is 2.31. The molecule has 3 aromatic rings. The van der Waals surface area contributed by atoms with Crippen LogP contribution in [0.2, 0.25) is 0 Å². The van der Waals surface area contributed by atoms with E-state index in [1.807, 2.05) is 12.1 Å². The van der Waals surface area contributed by atoms with Crippen LogP contribution in [0.15, 0.2) is 52.2 Å². The van der Waals surface area contributed by atoms with Gasteiger partial charge in [-0.15, -0.1) is 10.2 Å². The fourth-order valence-electron chi connectivity index (χ4n) is 3.55. The Kier molecular flexibility index (Phi) is 5.66. The van der Waals surface area contributed by atoms with E-state index in [9.17, 15) is 9.59 Å². The number of aryl methyl sites for hydroxylation is 1. The topological polar surface area (TPSA) is 116 Å². The normalized spacial score (nSPS) is 15.7. The van der Waals surface area contributed by atoms with Crippen molar-refractivity contribution in [3.63, 3.8) is 0 Å². The number of benzene rings is 1. The molecule has 2 aromatic heterocycles. The lowest BCUT2D eigenvalue weighted by molar-refractivity contribution is -0.119. The number of nitrogens with two attached hydrogens (primary N) is 1. The smallest absolute Gasteiger partial charge is 0.237 e. The number of nitrogens with zero attached hydrogens (tertiary/aromatic N) is 3. The van der Waals surface area contributed by atoms with E-state index in [-0.39, 0.29) is 24.2 Å². The number of amides is 2. The molecule has 0 fully saturated rings. The summed E-state index contributed by atoms with van der Waals surface area (Å²) in [6.45, 7) is -0.0943. The third-order valence-corrected chi connectivity index (χ3v) is 5.78. The molecule has 0 aliphatic heterocycles. The molecule has 8 nitrogen and oxygen atoms in total. The Morgan fingerprint density at radius 1 is 1.24 bits per heavy atom. The number of furan rings is 1. The van der Waals surface area contributed by atoms with Gasteiger partial charge in [0.15, 0.2) is 10.9 Å². The zero-order chi connectivity index (χ0) is 20.2. The van der Waals surface area contributed by atoms with Crippen molar-refractivity contribution in [2.45, 2.75) is 37.0 Å². The van der Waals surface area contributed by atoms with Crippen LogP contribution in [0.4, 0.5) is 0 Å². The van der Waals surface area contributed by atoms with Crippen molar-refractivity contribution in [1.82, 2.24) is 20.1 Å². The average Bonchev–Trinajstić information content (AvgIpc) is 3.36. The summed E-state index contributed by atoms with van der Waals surface area (Å²) in [5, 5.41) is 11.8. The second kappa shape index (κ2) is 8.52. The molecule has 2 amide bonds. The van der Waals surface area contributed by atoms with Crippen molar-refractivity contribution >= 4 is 23.6 Å². The summed E-state index contributed by atoms with van der Waals surface area (Å²) >= 11 is 1.21. The Balaban J connectivity index is 1.44. The lowest BCUT2D eigenvalue weighted by atomic mass is 9.88. The number of aromatic nitrogens is 3. The van der Waals surface area contributed by atoms with E-state index >= 15 is 0 Å². The van der Waals surface area contributed by atoms with E-state index in [2.05, 4.69) is 27.6 Å². The quantitative estimate of drug-likeness (QED) is 0.577. The van der Waals surface area contributed by atoms with Crippen LogP contribution in [0.1, 0.15) is 30.0 Å². The monoisotopic (exact) mass is 411 g/mol. The minimum Gasteiger partial charge on any atom is -0.461 e. The van der Waals surface area contributed by atoms with Gasteiger partial charge in [0.25, 0.3) is 0 Å². The molecule has 4 rings (SSSR count). The summed E-state index contributed by atoms with van der Waals surface area (Å²) < 4.78 is 6.92. The summed E-state index contributed by atoms with van der Waals surface area (Å²) in [5.74, 6) is 0.424. The van der Waals surface area contributed by atoms with Crippen LogP contribution in [0, 0.1) is 0 Å². The van der Waals surface area contributed by atoms with Crippen LogP contribution in [-0.4, -0.2) is 32.3 Å². The minimum atomic E-state index is -0.525. The van der Waals surface area contributed by atoms with Gasteiger partial charge in [-0.2, -0.15) is 0 Å². The first-order valence-electron chi connectivity index (χ1n) is 9.37. The lowest BCUT2D eigenvalue weighted by Gasteiger charge is -2.26. The van der Waals surface area contributed by atoms with Crippen LogP contribution in [0.3, 0.4) is 0 Å². The van der Waals surface area contributed by atoms with Crippen LogP contribution in [0.5, 0.6) is 0 Å². The molecule has 9 heteroatoms. The first-order chi connectivity index (χ1) is 14.1. The predicted molar refractivity (Wildman–Crippen MR) is 108 cm³/mol. The van der Waals surface area contributed by atoms with E-state index in [4.69, 9.17) is 10.2 Å². The summed E-state index contributed by atoms with van der Waals surface area (Å²) in [6.07, 6.45) is 4.53. The summed E-state index contributed by atoms with van der Waals surface area (Å²) in [4.78, 5) is 24.0. The van der Waals surface area contributed by atoms with Crippen LogP contribution in [0.25, 0.3) is 11.6 Å². The second-order valence-corrected chi connectivity index (χ2v) is 7.78. The molecule has 0 bridgehead atoms. The Labute approximate surface area is 171 Å². The van der Waals surface area contributed by atoms with Gasteiger partial charge in [0, 0.05) is 0 Å². The highest BCUT2D eigenvalue weighted by molar-refractivity contribution is 7.99. The van der Waals surface area contributed by atoms with E-state index in [0.717, 1.165) is 19.3 Å². The van der Waals surface area contributed by atoms with Crippen molar-refractivity contribution in [2.75, 3.05) is 5.75 Å². The number of nitrogens with one attached hydrogen (secondary N) is 1. The van der Waals surface area contributed by atoms with Gasteiger partial charge in [0.1, 0.15) is 6.54 Å². The van der Waals surface area contributed by atoms with Crippen molar-refractivity contribution in [2.24, 2.45) is 5.73 Å². The van der Waals surface area contributed by atoms with E-state index < -0.39 is 5.91 Å². The Morgan fingerprint density at radius 2 is 2.10 bits per heavy atom. The van der Waals surface area contributed by atoms with E-state index in [0.29, 0.717) is 16.7 Å². The molecule has 0 saturated carbocycles. The number of rotatable bonds is 7. The number of primary amides is 1. The van der Waals surface area contributed by atoms with Gasteiger partial charge >= 0.3 is 0 Å². The number of thioether (sulfide) groups is 1. The maximum Gasteiger partial charge on any atom is 0.237 e. The number of hydrogen-bond acceptors (Lipinski definition) is 6. The summed E-state index contributed by atoms with van der Waals surface area (Å²) in [6, 6.07) is 11.7. The highest BCUT2D eigenvalue weighted by atomic mass is 32.2. The van der Waals surface area contributed by atoms with Crippen molar-refractivity contribution in [1.29, 1.82) is 0 Å². The van der Waals surface area contributed by atoms with Crippen LogP contribution >= 0.6 is 11.8 Å². The lowest BCUT2D eigenvalue weighted by Crippen LogP contribution is -2.32. The fourth-order valence-corrected chi connectivity index (χ4v) is 4.30. The third-order valence-electron chi connectivity index (χ3n) is 4.81. The molecular weight excluding hydrogens is 390 g/mol. The van der Waals surface area contributed by atoms with E-state index in [1.165, 1.54) is 29.2 Å². The first kappa shape index (κ1) is 19.3. The van der Waals surface area contributed by atoms with Gasteiger partial charge in [-0.05, 0) is 42.5 Å². The largest absolute Gasteiger partial charge is 0.461 e. The molecule has 1 aliphatic carbocycles. The Bertz CT molecular complexity index is 1020. The summed E-state index contributed by atoms with van der Waals surface area (Å²) in [7, 11) is 0. The molecular formula is C20H21N5O3S. The fraction of sp³-hybridized carbons (Fsp3) is 0.300. The third kappa shape index (κ3) is 4.34. The van der Waals surface area contributed by atoms with Crippen molar-refractivity contribution < 1.29 is 14.0 Å². The molecule has 1 aliphatic rings. The Morgan fingerprint density at radius 3 is 2.90 bits per heavy atom. The van der Waals surface area contributed by atoms with Crippen LogP contribution < -0.4 is 11.1 Å². The standard InChI is InChI=1S/C20H21N5O3S/c21-17(26)11-25-19(16-9-4-10-28-16)23-24-20(25)29-12-18(27)22-15-8-3-6-13-5-1-2-7-14(13)15/h1-2,4-5,7,9-10,15H,3,6,8,11-12H2,(H2,21,26)(H,22,27)/t15-/m1/s1. The van der Waals surface area contributed by atoms with Crippen molar-refractivity contribution in [3.8, 4) is 11.6 Å². The summed E-state index contributed by atoms with van der Waals surface area (Å²) in [5.41, 5.74) is 7.85. The molecule has 0 unspecified atom stereocenters. The van der Waals surface area contributed by atoms with Gasteiger partial charge in [-0.1, -0.05) is 36.0 Å². The highest BCUT2D eigenvalue weighted by Crippen LogP contribution is 2.30. The van der Waals surface area contributed by atoms with Gasteiger partial charge in [0.05, 0.1) is 18.1 Å². The first-order valence-corrected chi connectivity index (χ1v) is 10.4. The molecule has 0 saturated heterocycles. The molecule has 3 N–H and O–H groups in total. The van der Waals surface area contributed by atoms with Gasteiger partial charge in [-0.3, -0.25) is 14.2 Å². The molecule has 1 aromatic carbocycles. The van der Waals surface area contributed by atoms with Gasteiger partial charge in [-0.25, -0.2) is 0 Å².